The Morgan fingerprint density at radius 2 is 2.00 bits per heavy atom. The van der Waals surface area contributed by atoms with Gasteiger partial charge >= 0.3 is 0 Å². The minimum Gasteiger partial charge on any atom is -0.486 e. The van der Waals surface area contributed by atoms with Gasteiger partial charge in [-0.1, -0.05) is 26.0 Å². The SMILES string of the molecule is CC(C)c1ccc(OCc2ncc(C#N)c(N)n2)cc1. The molecule has 102 valence electrons. The highest BCUT2D eigenvalue weighted by atomic mass is 16.5. The molecule has 2 aromatic rings. The fourth-order valence-electron chi connectivity index (χ4n) is 1.69. The number of nitrogens with two attached hydrogens (primary N) is 1. The van der Waals surface area contributed by atoms with Crippen LogP contribution in [0, 0.1) is 11.3 Å². The van der Waals surface area contributed by atoms with Gasteiger partial charge in [-0.15, -0.1) is 0 Å². The van der Waals surface area contributed by atoms with E-state index in [0.29, 0.717) is 11.7 Å². The van der Waals surface area contributed by atoms with Gasteiger partial charge in [0.05, 0.1) is 6.20 Å². The van der Waals surface area contributed by atoms with E-state index in [1.54, 1.807) is 0 Å². The number of nitrogens with zero attached hydrogens (tertiary/aromatic N) is 3. The summed E-state index contributed by atoms with van der Waals surface area (Å²) in [4.78, 5) is 8.06. The number of benzene rings is 1. The Labute approximate surface area is 118 Å². The van der Waals surface area contributed by atoms with Crippen LogP contribution in [0.5, 0.6) is 5.75 Å². The summed E-state index contributed by atoms with van der Waals surface area (Å²) in [6.45, 7) is 4.50. The number of anilines is 1. The number of hydrogen-bond donors (Lipinski definition) is 1. The lowest BCUT2D eigenvalue weighted by molar-refractivity contribution is 0.296. The Balaban J connectivity index is 2.02. The number of hydrogen-bond acceptors (Lipinski definition) is 5. The van der Waals surface area contributed by atoms with Crippen LogP contribution < -0.4 is 10.5 Å². The fourth-order valence-corrected chi connectivity index (χ4v) is 1.69. The fraction of sp³-hybridized carbons (Fsp3) is 0.267. The third kappa shape index (κ3) is 3.23. The molecule has 0 radical (unpaired) electrons. The lowest BCUT2D eigenvalue weighted by Gasteiger charge is -2.08. The first-order valence-corrected chi connectivity index (χ1v) is 6.34. The molecule has 20 heavy (non-hydrogen) atoms. The van der Waals surface area contributed by atoms with Gasteiger partial charge < -0.3 is 10.5 Å². The average molecular weight is 268 g/mol. The molecule has 0 amide bonds. The second kappa shape index (κ2) is 6.02. The van der Waals surface area contributed by atoms with E-state index in [2.05, 4.69) is 23.8 Å². The molecular weight excluding hydrogens is 252 g/mol. The largest absolute Gasteiger partial charge is 0.486 e. The van der Waals surface area contributed by atoms with Gasteiger partial charge in [-0.2, -0.15) is 5.26 Å². The van der Waals surface area contributed by atoms with Crippen LogP contribution in [-0.2, 0) is 6.61 Å². The van der Waals surface area contributed by atoms with Gasteiger partial charge in [-0.25, -0.2) is 9.97 Å². The van der Waals surface area contributed by atoms with E-state index >= 15 is 0 Å². The predicted molar refractivity (Wildman–Crippen MR) is 76.0 cm³/mol. The molecule has 0 spiro atoms. The summed E-state index contributed by atoms with van der Waals surface area (Å²) in [5, 5.41) is 8.75. The van der Waals surface area contributed by atoms with Crippen molar-refractivity contribution < 1.29 is 4.74 Å². The summed E-state index contributed by atoms with van der Waals surface area (Å²) < 4.78 is 5.59. The summed E-state index contributed by atoms with van der Waals surface area (Å²) in [5.41, 5.74) is 7.16. The number of rotatable bonds is 4. The van der Waals surface area contributed by atoms with E-state index in [9.17, 15) is 0 Å². The monoisotopic (exact) mass is 268 g/mol. The number of aromatic nitrogens is 2. The zero-order chi connectivity index (χ0) is 14.5. The third-order valence-electron chi connectivity index (χ3n) is 2.90. The van der Waals surface area contributed by atoms with E-state index in [4.69, 9.17) is 15.7 Å². The topological polar surface area (TPSA) is 84.8 Å². The van der Waals surface area contributed by atoms with Crippen molar-refractivity contribution in [1.82, 2.24) is 9.97 Å². The standard InChI is InChI=1S/C15H16N4O/c1-10(2)11-3-5-13(6-4-11)20-9-14-18-8-12(7-16)15(17)19-14/h3-6,8,10H,9H2,1-2H3,(H2,17,18,19). The van der Waals surface area contributed by atoms with E-state index in [-0.39, 0.29) is 18.0 Å². The molecule has 0 aliphatic carbocycles. The highest BCUT2D eigenvalue weighted by molar-refractivity contribution is 5.46. The summed E-state index contributed by atoms with van der Waals surface area (Å²) in [7, 11) is 0. The van der Waals surface area contributed by atoms with Crippen LogP contribution in [0.4, 0.5) is 5.82 Å². The quantitative estimate of drug-likeness (QED) is 0.921. The Morgan fingerprint density at radius 1 is 1.30 bits per heavy atom. The molecule has 0 aliphatic rings. The van der Waals surface area contributed by atoms with Crippen molar-refractivity contribution in [2.45, 2.75) is 26.4 Å². The maximum Gasteiger partial charge on any atom is 0.168 e. The summed E-state index contributed by atoms with van der Waals surface area (Å²) >= 11 is 0. The zero-order valence-corrected chi connectivity index (χ0v) is 11.5. The molecule has 0 fully saturated rings. The van der Waals surface area contributed by atoms with Crippen molar-refractivity contribution in [3.8, 4) is 11.8 Å². The molecule has 1 aromatic carbocycles. The molecule has 1 heterocycles. The van der Waals surface area contributed by atoms with E-state index in [0.717, 1.165) is 5.75 Å². The van der Waals surface area contributed by atoms with Gasteiger partial charge in [-0.05, 0) is 23.6 Å². The van der Waals surface area contributed by atoms with Crippen LogP contribution in [0.3, 0.4) is 0 Å². The van der Waals surface area contributed by atoms with Crippen molar-refractivity contribution >= 4 is 5.82 Å². The van der Waals surface area contributed by atoms with E-state index < -0.39 is 0 Å². The third-order valence-corrected chi connectivity index (χ3v) is 2.90. The van der Waals surface area contributed by atoms with Crippen LogP contribution in [0.1, 0.15) is 36.7 Å². The Kier molecular flexibility index (Phi) is 4.16. The molecule has 0 saturated carbocycles. The molecule has 0 atom stereocenters. The number of nitriles is 1. The van der Waals surface area contributed by atoms with Crippen LogP contribution in [-0.4, -0.2) is 9.97 Å². The van der Waals surface area contributed by atoms with Gasteiger partial charge in [0.25, 0.3) is 0 Å². The van der Waals surface area contributed by atoms with Gasteiger partial charge in [0, 0.05) is 0 Å². The first-order chi connectivity index (χ1) is 9.60. The molecule has 2 N–H and O–H groups in total. The summed E-state index contributed by atoms with van der Waals surface area (Å²) in [6, 6.07) is 9.83. The molecule has 0 saturated heterocycles. The zero-order valence-electron chi connectivity index (χ0n) is 11.5. The van der Waals surface area contributed by atoms with Crippen LogP contribution in [0.15, 0.2) is 30.5 Å². The van der Waals surface area contributed by atoms with Gasteiger partial charge in [0.15, 0.2) is 5.82 Å². The van der Waals surface area contributed by atoms with Crippen molar-refractivity contribution in [2.24, 2.45) is 0 Å². The highest BCUT2D eigenvalue weighted by Gasteiger charge is 2.05. The summed E-state index contributed by atoms with van der Waals surface area (Å²) in [6.07, 6.45) is 1.41. The average Bonchev–Trinajstić information content (AvgIpc) is 2.45. The molecule has 2 rings (SSSR count). The maximum atomic E-state index is 8.75. The van der Waals surface area contributed by atoms with Gasteiger partial charge in [0.2, 0.25) is 0 Å². The smallest absolute Gasteiger partial charge is 0.168 e. The predicted octanol–water partition coefficient (Wildman–Crippen LogP) is 2.63. The summed E-state index contributed by atoms with van der Waals surface area (Å²) in [5.74, 6) is 1.87. The van der Waals surface area contributed by atoms with Crippen LogP contribution in [0.25, 0.3) is 0 Å². The second-order valence-electron chi connectivity index (χ2n) is 4.71. The minimum absolute atomic E-state index is 0.177. The highest BCUT2D eigenvalue weighted by Crippen LogP contribution is 2.19. The minimum atomic E-state index is 0.177. The van der Waals surface area contributed by atoms with Crippen LogP contribution in [0.2, 0.25) is 0 Å². The van der Waals surface area contributed by atoms with Crippen molar-refractivity contribution in [3.63, 3.8) is 0 Å². The van der Waals surface area contributed by atoms with Gasteiger partial charge in [-0.3, -0.25) is 0 Å². The molecule has 0 bridgehead atoms. The van der Waals surface area contributed by atoms with Crippen LogP contribution >= 0.6 is 0 Å². The first kappa shape index (κ1) is 13.8. The Morgan fingerprint density at radius 3 is 2.55 bits per heavy atom. The van der Waals surface area contributed by atoms with Gasteiger partial charge in [0.1, 0.15) is 29.8 Å². The Bertz CT molecular complexity index is 629. The first-order valence-electron chi connectivity index (χ1n) is 6.34. The second-order valence-corrected chi connectivity index (χ2v) is 4.71. The lowest BCUT2D eigenvalue weighted by Crippen LogP contribution is -2.05. The molecule has 5 heteroatoms. The molecule has 0 aliphatic heterocycles. The van der Waals surface area contributed by atoms with Crippen molar-refractivity contribution in [2.75, 3.05) is 5.73 Å². The van der Waals surface area contributed by atoms with Crippen molar-refractivity contribution in [1.29, 1.82) is 5.26 Å². The number of ether oxygens (including phenoxy) is 1. The normalized spacial score (nSPS) is 10.3. The maximum absolute atomic E-state index is 8.75. The molecule has 5 nitrogen and oxygen atoms in total. The van der Waals surface area contributed by atoms with Crippen molar-refractivity contribution in [3.05, 3.63) is 47.4 Å². The molecule has 0 unspecified atom stereocenters. The molecular formula is C15H16N4O. The number of nitrogen functional groups attached to an aromatic ring is 1. The van der Waals surface area contributed by atoms with E-state index in [1.165, 1.54) is 11.8 Å². The Hall–Kier alpha value is -2.61. The van der Waals surface area contributed by atoms with E-state index in [1.807, 2.05) is 30.3 Å². The lowest BCUT2D eigenvalue weighted by atomic mass is 10.0. The molecule has 1 aromatic heterocycles.